The summed E-state index contributed by atoms with van der Waals surface area (Å²) in [5.74, 6) is 0.860. The van der Waals surface area contributed by atoms with Crippen molar-refractivity contribution in [1.82, 2.24) is 4.90 Å². The van der Waals surface area contributed by atoms with E-state index in [1.165, 1.54) is 0 Å². The SMILES string of the molecule is CCCOc1ccc(/C=C/C(=O)N2CCC(O)CC2)cc1. The van der Waals surface area contributed by atoms with Crippen molar-refractivity contribution in [3.8, 4) is 5.75 Å². The van der Waals surface area contributed by atoms with Gasteiger partial charge in [-0.15, -0.1) is 0 Å². The summed E-state index contributed by atoms with van der Waals surface area (Å²) >= 11 is 0. The molecular formula is C17H23NO3. The van der Waals surface area contributed by atoms with Crippen LogP contribution in [0, 0.1) is 0 Å². The van der Waals surface area contributed by atoms with Gasteiger partial charge in [-0.2, -0.15) is 0 Å². The molecule has 0 unspecified atom stereocenters. The Kier molecular flexibility index (Phi) is 5.81. The average Bonchev–Trinajstić information content (AvgIpc) is 2.52. The molecule has 1 aliphatic heterocycles. The first-order valence-corrected chi connectivity index (χ1v) is 7.57. The van der Waals surface area contributed by atoms with Crippen molar-refractivity contribution in [1.29, 1.82) is 0 Å². The number of benzene rings is 1. The highest BCUT2D eigenvalue weighted by Gasteiger charge is 2.19. The number of nitrogens with zero attached hydrogens (tertiary/aromatic N) is 1. The lowest BCUT2D eigenvalue weighted by molar-refractivity contribution is -0.127. The molecule has 2 rings (SSSR count). The fourth-order valence-corrected chi connectivity index (χ4v) is 2.25. The molecule has 1 N–H and O–H groups in total. The highest BCUT2D eigenvalue weighted by molar-refractivity contribution is 5.91. The molecule has 4 heteroatoms. The maximum Gasteiger partial charge on any atom is 0.246 e. The van der Waals surface area contributed by atoms with Gasteiger partial charge in [0.05, 0.1) is 12.7 Å². The Labute approximate surface area is 126 Å². The van der Waals surface area contributed by atoms with Gasteiger partial charge < -0.3 is 14.7 Å². The Balaban J connectivity index is 1.86. The fourth-order valence-electron chi connectivity index (χ4n) is 2.25. The summed E-state index contributed by atoms with van der Waals surface area (Å²) in [7, 11) is 0. The smallest absolute Gasteiger partial charge is 0.246 e. The molecular weight excluding hydrogens is 266 g/mol. The number of carbonyl (C=O) groups excluding carboxylic acids is 1. The van der Waals surface area contributed by atoms with E-state index in [2.05, 4.69) is 6.92 Å². The highest BCUT2D eigenvalue weighted by atomic mass is 16.5. The van der Waals surface area contributed by atoms with Crippen LogP contribution in [-0.4, -0.2) is 41.7 Å². The first-order chi connectivity index (χ1) is 10.2. The molecule has 0 bridgehead atoms. The van der Waals surface area contributed by atoms with Crippen LogP contribution in [0.3, 0.4) is 0 Å². The molecule has 1 aliphatic rings. The van der Waals surface area contributed by atoms with E-state index in [4.69, 9.17) is 4.74 Å². The van der Waals surface area contributed by atoms with Crippen molar-refractivity contribution in [2.75, 3.05) is 19.7 Å². The van der Waals surface area contributed by atoms with Crippen LogP contribution in [0.2, 0.25) is 0 Å². The molecule has 0 spiro atoms. The van der Waals surface area contributed by atoms with Gasteiger partial charge in [-0.1, -0.05) is 19.1 Å². The van der Waals surface area contributed by atoms with Crippen LogP contribution in [0.4, 0.5) is 0 Å². The third-order valence-electron chi connectivity index (χ3n) is 3.55. The van der Waals surface area contributed by atoms with Crippen molar-refractivity contribution in [2.45, 2.75) is 32.3 Å². The number of likely N-dealkylation sites (tertiary alicyclic amines) is 1. The maximum atomic E-state index is 12.0. The summed E-state index contributed by atoms with van der Waals surface area (Å²) in [6, 6.07) is 7.71. The number of aliphatic hydroxyl groups is 1. The molecule has 1 saturated heterocycles. The predicted molar refractivity (Wildman–Crippen MR) is 83.1 cm³/mol. The monoisotopic (exact) mass is 289 g/mol. The molecule has 0 atom stereocenters. The van der Waals surface area contributed by atoms with Crippen LogP contribution < -0.4 is 4.74 Å². The molecule has 1 aromatic carbocycles. The van der Waals surface area contributed by atoms with Crippen molar-refractivity contribution in [2.24, 2.45) is 0 Å². The van der Waals surface area contributed by atoms with Crippen molar-refractivity contribution < 1.29 is 14.6 Å². The van der Waals surface area contributed by atoms with Crippen molar-refractivity contribution in [3.63, 3.8) is 0 Å². The van der Waals surface area contributed by atoms with Crippen molar-refractivity contribution in [3.05, 3.63) is 35.9 Å². The quantitative estimate of drug-likeness (QED) is 0.847. The van der Waals surface area contributed by atoms with E-state index in [1.54, 1.807) is 11.0 Å². The minimum Gasteiger partial charge on any atom is -0.494 e. The summed E-state index contributed by atoms with van der Waals surface area (Å²) in [5.41, 5.74) is 0.976. The van der Waals surface area contributed by atoms with Gasteiger partial charge in [0.15, 0.2) is 0 Å². The van der Waals surface area contributed by atoms with E-state index in [0.29, 0.717) is 32.5 Å². The van der Waals surface area contributed by atoms with Gasteiger partial charge in [0.1, 0.15) is 5.75 Å². The van der Waals surface area contributed by atoms with Gasteiger partial charge in [-0.05, 0) is 43.0 Å². The molecule has 4 nitrogen and oxygen atoms in total. The maximum absolute atomic E-state index is 12.0. The molecule has 114 valence electrons. The van der Waals surface area contributed by atoms with E-state index in [-0.39, 0.29) is 12.0 Å². The lowest BCUT2D eigenvalue weighted by Gasteiger charge is -2.28. The van der Waals surface area contributed by atoms with Gasteiger partial charge >= 0.3 is 0 Å². The number of hydrogen-bond donors (Lipinski definition) is 1. The van der Waals surface area contributed by atoms with Crippen LogP contribution in [0.5, 0.6) is 5.75 Å². The van der Waals surface area contributed by atoms with E-state index in [0.717, 1.165) is 17.7 Å². The molecule has 0 radical (unpaired) electrons. The van der Waals surface area contributed by atoms with E-state index >= 15 is 0 Å². The number of piperidine rings is 1. The minimum atomic E-state index is -0.256. The number of carbonyl (C=O) groups is 1. The second-order valence-corrected chi connectivity index (χ2v) is 5.31. The topological polar surface area (TPSA) is 49.8 Å². The molecule has 1 aromatic rings. The number of hydrogen-bond acceptors (Lipinski definition) is 3. The van der Waals surface area contributed by atoms with Crippen LogP contribution in [-0.2, 0) is 4.79 Å². The second kappa shape index (κ2) is 7.84. The van der Waals surface area contributed by atoms with Crippen LogP contribution in [0.1, 0.15) is 31.7 Å². The summed E-state index contributed by atoms with van der Waals surface area (Å²) < 4.78 is 5.52. The van der Waals surface area contributed by atoms with E-state index in [1.807, 2.05) is 30.3 Å². The summed E-state index contributed by atoms with van der Waals surface area (Å²) in [5, 5.41) is 9.44. The zero-order chi connectivity index (χ0) is 15.1. The third-order valence-corrected chi connectivity index (χ3v) is 3.55. The Hall–Kier alpha value is -1.81. The predicted octanol–water partition coefficient (Wildman–Crippen LogP) is 2.47. The normalized spacial score (nSPS) is 16.4. The number of rotatable bonds is 5. The van der Waals surface area contributed by atoms with Gasteiger partial charge in [0.2, 0.25) is 5.91 Å². The Bertz CT molecular complexity index is 473. The Morgan fingerprint density at radius 2 is 2.00 bits per heavy atom. The molecule has 1 heterocycles. The molecule has 1 amide bonds. The van der Waals surface area contributed by atoms with Gasteiger partial charge in [-0.3, -0.25) is 4.79 Å². The zero-order valence-corrected chi connectivity index (χ0v) is 12.5. The minimum absolute atomic E-state index is 0.00760. The van der Waals surface area contributed by atoms with Crippen LogP contribution in [0.15, 0.2) is 30.3 Å². The van der Waals surface area contributed by atoms with Crippen molar-refractivity contribution >= 4 is 12.0 Å². The number of aliphatic hydroxyl groups excluding tert-OH is 1. The van der Waals surface area contributed by atoms with E-state index in [9.17, 15) is 9.90 Å². The molecule has 0 saturated carbocycles. The molecule has 21 heavy (non-hydrogen) atoms. The molecule has 0 aliphatic carbocycles. The summed E-state index contributed by atoms with van der Waals surface area (Å²) in [6.07, 6.45) is 5.48. The van der Waals surface area contributed by atoms with Gasteiger partial charge in [-0.25, -0.2) is 0 Å². The van der Waals surface area contributed by atoms with Gasteiger partial charge in [0, 0.05) is 19.2 Å². The first-order valence-electron chi connectivity index (χ1n) is 7.57. The number of amides is 1. The third kappa shape index (κ3) is 4.90. The average molecular weight is 289 g/mol. The van der Waals surface area contributed by atoms with Crippen LogP contribution >= 0.6 is 0 Å². The summed E-state index contributed by atoms with van der Waals surface area (Å²) in [6.45, 7) is 4.05. The zero-order valence-electron chi connectivity index (χ0n) is 12.5. The largest absolute Gasteiger partial charge is 0.494 e. The van der Waals surface area contributed by atoms with Gasteiger partial charge in [0.25, 0.3) is 0 Å². The lowest BCUT2D eigenvalue weighted by Crippen LogP contribution is -2.39. The molecule has 0 aromatic heterocycles. The Morgan fingerprint density at radius 3 is 2.62 bits per heavy atom. The lowest BCUT2D eigenvalue weighted by atomic mass is 10.1. The number of ether oxygens (including phenoxy) is 1. The molecule has 1 fully saturated rings. The fraction of sp³-hybridized carbons (Fsp3) is 0.471. The summed E-state index contributed by atoms with van der Waals surface area (Å²) in [4.78, 5) is 13.8. The van der Waals surface area contributed by atoms with E-state index < -0.39 is 0 Å². The standard InChI is InChI=1S/C17H23NO3/c1-2-13-21-16-6-3-14(4-7-16)5-8-17(20)18-11-9-15(19)10-12-18/h3-8,15,19H,2,9-13H2,1H3/b8-5+. The first kappa shape index (κ1) is 15.6. The highest BCUT2D eigenvalue weighted by Crippen LogP contribution is 2.14. The Morgan fingerprint density at radius 1 is 1.33 bits per heavy atom. The van der Waals surface area contributed by atoms with Crippen LogP contribution in [0.25, 0.3) is 6.08 Å². The second-order valence-electron chi connectivity index (χ2n) is 5.31.